The fourth-order valence-electron chi connectivity index (χ4n) is 3.62. The van der Waals surface area contributed by atoms with Crippen LogP contribution < -0.4 is 0 Å². The molecule has 1 heterocycles. The van der Waals surface area contributed by atoms with Crippen molar-refractivity contribution in [1.29, 1.82) is 5.26 Å². The van der Waals surface area contributed by atoms with E-state index in [1.807, 2.05) is 6.07 Å². The van der Waals surface area contributed by atoms with Gasteiger partial charge < -0.3 is 0 Å². The van der Waals surface area contributed by atoms with E-state index < -0.39 is 10.2 Å². The van der Waals surface area contributed by atoms with Gasteiger partial charge in [0, 0.05) is 46.2 Å². The van der Waals surface area contributed by atoms with Crippen LogP contribution in [0, 0.1) is 23.0 Å². The smallest absolute Gasteiger partial charge is 0.281 e. The largest absolute Gasteiger partial charge is 0.290 e. The zero-order valence-corrected chi connectivity index (χ0v) is 17.5. The minimum absolute atomic E-state index is 0.132. The van der Waals surface area contributed by atoms with Crippen molar-refractivity contribution in [2.24, 2.45) is 0 Å². The van der Waals surface area contributed by atoms with E-state index >= 15 is 0 Å². The molecular weight excluding hydrogens is 410 g/mol. The van der Waals surface area contributed by atoms with E-state index in [4.69, 9.17) is 5.26 Å². The summed E-state index contributed by atoms with van der Waals surface area (Å²) in [5, 5.41) is 8.70. The van der Waals surface area contributed by atoms with Crippen molar-refractivity contribution in [2.75, 3.05) is 39.8 Å². The normalized spacial score (nSPS) is 16.1. The molecule has 0 unspecified atom stereocenters. The van der Waals surface area contributed by atoms with Crippen molar-refractivity contribution in [3.05, 3.63) is 71.3 Å². The number of nitriles is 1. The van der Waals surface area contributed by atoms with Crippen LogP contribution in [-0.4, -0.2) is 61.7 Å². The molecule has 0 atom stereocenters. The number of nitrogens with zero attached hydrogens (tertiary/aromatic N) is 4. The van der Waals surface area contributed by atoms with Crippen molar-refractivity contribution in [2.45, 2.75) is 12.5 Å². The highest BCUT2D eigenvalue weighted by molar-refractivity contribution is 7.86. The zero-order valence-electron chi connectivity index (χ0n) is 16.7. The van der Waals surface area contributed by atoms with Gasteiger partial charge in [0.1, 0.15) is 11.6 Å². The van der Waals surface area contributed by atoms with E-state index in [2.05, 4.69) is 4.90 Å². The lowest BCUT2D eigenvalue weighted by atomic mass is 9.96. The Morgan fingerprint density at radius 2 is 1.43 bits per heavy atom. The molecule has 0 aromatic heterocycles. The molecule has 1 aliphatic heterocycles. The van der Waals surface area contributed by atoms with Gasteiger partial charge in [-0.15, -0.1) is 0 Å². The SMILES string of the molecule is CN(CCC#N)S(=O)(=O)N1CCN(C(c2ccc(F)cc2)c2ccc(F)cc2)CC1. The van der Waals surface area contributed by atoms with Crippen LogP contribution in [0.4, 0.5) is 8.78 Å². The van der Waals surface area contributed by atoms with Gasteiger partial charge >= 0.3 is 0 Å². The molecule has 0 spiro atoms. The maximum Gasteiger partial charge on any atom is 0.281 e. The summed E-state index contributed by atoms with van der Waals surface area (Å²) >= 11 is 0. The van der Waals surface area contributed by atoms with E-state index in [9.17, 15) is 17.2 Å². The summed E-state index contributed by atoms with van der Waals surface area (Å²) in [4.78, 5) is 2.11. The van der Waals surface area contributed by atoms with Gasteiger partial charge in [0.2, 0.25) is 0 Å². The van der Waals surface area contributed by atoms with Crippen LogP contribution in [0.5, 0.6) is 0 Å². The summed E-state index contributed by atoms with van der Waals surface area (Å²) in [5.74, 6) is -0.680. The third-order valence-electron chi connectivity index (χ3n) is 5.27. The van der Waals surface area contributed by atoms with Gasteiger partial charge in [0.25, 0.3) is 10.2 Å². The molecule has 1 aliphatic rings. The van der Waals surface area contributed by atoms with Gasteiger partial charge in [-0.25, -0.2) is 8.78 Å². The van der Waals surface area contributed by atoms with Crippen LogP contribution >= 0.6 is 0 Å². The first-order chi connectivity index (χ1) is 14.3. The van der Waals surface area contributed by atoms with Crippen molar-refractivity contribution >= 4 is 10.2 Å². The number of halogens is 2. The molecule has 0 bridgehead atoms. The van der Waals surface area contributed by atoms with Gasteiger partial charge in [-0.1, -0.05) is 24.3 Å². The average molecular weight is 435 g/mol. The fourth-order valence-corrected chi connectivity index (χ4v) is 4.96. The average Bonchev–Trinajstić information content (AvgIpc) is 2.75. The van der Waals surface area contributed by atoms with E-state index in [0.717, 1.165) is 11.1 Å². The zero-order chi connectivity index (χ0) is 21.7. The Morgan fingerprint density at radius 3 is 1.87 bits per heavy atom. The third kappa shape index (κ3) is 5.02. The molecule has 1 saturated heterocycles. The van der Waals surface area contributed by atoms with Crippen molar-refractivity contribution in [3.63, 3.8) is 0 Å². The highest BCUT2D eigenvalue weighted by Crippen LogP contribution is 2.30. The van der Waals surface area contributed by atoms with Gasteiger partial charge in [0.15, 0.2) is 0 Å². The minimum atomic E-state index is -3.63. The summed E-state index contributed by atoms with van der Waals surface area (Å²) in [5.41, 5.74) is 1.70. The molecule has 0 aliphatic carbocycles. The van der Waals surface area contributed by atoms with Gasteiger partial charge in [0.05, 0.1) is 12.1 Å². The molecular formula is C21H24F2N4O2S. The van der Waals surface area contributed by atoms with Crippen LogP contribution in [0.1, 0.15) is 23.6 Å². The summed E-state index contributed by atoms with van der Waals surface area (Å²) in [6, 6.07) is 14.0. The van der Waals surface area contributed by atoms with E-state index in [0.29, 0.717) is 13.1 Å². The van der Waals surface area contributed by atoms with Crippen molar-refractivity contribution in [3.8, 4) is 6.07 Å². The van der Waals surface area contributed by atoms with Crippen LogP contribution in [-0.2, 0) is 10.2 Å². The lowest BCUT2D eigenvalue weighted by Crippen LogP contribution is -2.53. The first-order valence-electron chi connectivity index (χ1n) is 9.66. The van der Waals surface area contributed by atoms with Crippen molar-refractivity contribution in [1.82, 2.24) is 13.5 Å². The summed E-state index contributed by atoms with van der Waals surface area (Å²) in [7, 11) is -2.16. The van der Waals surface area contributed by atoms with E-state index in [1.54, 1.807) is 24.3 Å². The quantitative estimate of drug-likeness (QED) is 0.672. The lowest BCUT2D eigenvalue weighted by Gasteiger charge is -2.40. The summed E-state index contributed by atoms with van der Waals surface area (Å²) < 4.78 is 54.9. The Balaban J connectivity index is 1.79. The van der Waals surface area contributed by atoms with Crippen LogP contribution in [0.3, 0.4) is 0 Å². The predicted octanol–water partition coefficient (Wildman–Crippen LogP) is 2.76. The highest BCUT2D eigenvalue weighted by atomic mass is 32.2. The lowest BCUT2D eigenvalue weighted by molar-refractivity contribution is 0.151. The minimum Gasteiger partial charge on any atom is -0.290 e. The molecule has 9 heteroatoms. The number of rotatable bonds is 7. The second-order valence-corrected chi connectivity index (χ2v) is 9.21. The Bertz CT molecular complexity index is 938. The topological polar surface area (TPSA) is 67.6 Å². The van der Waals surface area contributed by atoms with Crippen LogP contribution in [0.15, 0.2) is 48.5 Å². The first-order valence-corrected chi connectivity index (χ1v) is 11.1. The molecule has 160 valence electrons. The summed E-state index contributed by atoms with van der Waals surface area (Å²) in [6.45, 7) is 1.65. The Morgan fingerprint density at radius 1 is 0.967 bits per heavy atom. The molecule has 0 N–H and O–H groups in total. The van der Waals surface area contributed by atoms with Gasteiger partial charge in [-0.05, 0) is 35.4 Å². The first kappa shape index (κ1) is 22.3. The number of piperazine rings is 1. The van der Waals surface area contributed by atoms with Crippen LogP contribution in [0.25, 0.3) is 0 Å². The molecule has 6 nitrogen and oxygen atoms in total. The van der Waals surface area contributed by atoms with Gasteiger partial charge in [-0.3, -0.25) is 4.90 Å². The molecule has 0 radical (unpaired) electrons. The second-order valence-electron chi connectivity index (χ2n) is 7.18. The van der Waals surface area contributed by atoms with E-state index in [-0.39, 0.29) is 43.7 Å². The molecule has 2 aromatic rings. The maximum atomic E-state index is 13.4. The number of benzene rings is 2. The summed E-state index contributed by atoms with van der Waals surface area (Å²) in [6.07, 6.45) is 0.132. The van der Waals surface area contributed by atoms with Crippen LogP contribution in [0.2, 0.25) is 0 Å². The fraction of sp³-hybridized carbons (Fsp3) is 0.381. The molecule has 2 aromatic carbocycles. The standard InChI is InChI=1S/C21H24F2N4O2S/c1-25(12-2-11-24)30(28,29)27-15-13-26(14-16-27)21(17-3-7-19(22)8-4-17)18-5-9-20(23)10-6-18/h3-10,21H,2,12-16H2,1H3. The highest BCUT2D eigenvalue weighted by Gasteiger charge is 2.33. The Hall–Kier alpha value is -2.38. The Kier molecular flexibility index (Phi) is 7.15. The number of hydrogen-bond donors (Lipinski definition) is 0. The molecule has 3 rings (SSSR count). The monoisotopic (exact) mass is 434 g/mol. The molecule has 0 saturated carbocycles. The number of hydrogen-bond acceptors (Lipinski definition) is 4. The van der Waals surface area contributed by atoms with Gasteiger partial charge in [-0.2, -0.15) is 22.3 Å². The van der Waals surface area contributed by atoms with Crippen molar-refractivity contribution < 1.29 is 17.2 Å². The third-order valence-corrected chi connectivity index (χ3v) is 7.26. The van der Waals surface area contributed by atoms with E-state index in [1.165, 1.54) is 39.9 Å². The molecule has 0 amide bonds. The second kappa shape index (κ2) is 9.62. The molecule has 1 fully saturated rings. The Labute approximate surface area is 176 Å². The maximum absolute atomic E-state index is 13.4. The molecule has 30 heavy (non-hydrogen) atoms. The predicted molar refractivity (Wildman–Crippen MR) is 110 cm³/mol.